The molecule has 2 aliphatic rings. The van der Waals surface area contributed by atoms with Gasteiger partial charge in [-0.2, -0.15) is 0 Å². The molecular weight excluding hydrogens is 306 g/mol. The van der Waals surface area contributed by atoms with Crippen molar-refractivity contribution in [1.82, 2.24) is 5.32 Å². The molecule has 0 radical (unpaired) electrons. The van der Waals surface area contributed by atoms with Crippen molar-refractivity contribution in [3.05, 3.63) is 66.7 Å². The van der Waals surface area contributed by atoms with Gasteiger partial charge in [0.1, 0.15) is 0 Å². The smallest absolute Gasteiger partial charge is 0.192 e. The van der Waals surface area contributed by atoms with Gasteiger partial charge < -0.3 is 10.6 Å². The van der Waals surface area contributed by atoms with Crippen molar-refractivity contribution >= 4 is 34.0 Å². The molecule has 0 saturated heterocycles. The molecule has 0 heterocycles. The minimum absolute atomic E-state index is 0.266. The Morgan fingerprint density at radius 3 is 2.26 bits per heavy atom. The van der Waals surface area contributed by atoms with E-state index in [1.54, 1.807) is 0 Å². The number of anilines is 1. The van der Waals surface area contributed by atoms with Gasteiger partial charge in [0.05, 0.1) is 0 Å². The van der Waals surface area contributed by atoms with Crippen LogP contribution < -0.4 is 10.6 Å². The molecule has 3 N–H and O–H groups in total. The van der Waals surface area contributed by atoms with Crippen LogP contribution in [0.1, 0.15) is 0 Å². The molecule has 2 aromatic carbocycles. The number of benzene rings is 3. The third kappa shape index (κ3) is 4.02. The average molecular weight is 324 g/mol. The van der Waals surface area contributed by atoms with E-state index in [-0.39, 0.29) is 5.96 Å². The number of halogens is 1. The predicted molar refractivity (Wildman–Crippen MR) is 99.5 cm³/mol. The second-order valence-corrected chi connectivity index (χ2v) is 5.60. The Morgan fingerprint density at radius 2 is 1.61 bits per heavy atom. The second kappa shape index (κ2) is 7.16. The van der Waals surface area contributed by atoms with E-state index in [2.05, 4.69) is 47.0 Å². The maximum atomic E-state index is 7.72. The van der Waals surface area contributed by atoms with Crippen molar-refractivity contribution in [3.63, 3.8) is 0 Å². The zero-order chi connectivity index (χ0) is 16.1. The molecular formula is C19H18ClN3. The molecule has 3 nitrogen and oxygen atoms in total. The van der Waals surface area contributed by atoms with Gasteiger partial charge in [-0.05, 0) is 28.6 Å². The summed E-state index contributed by atoms with van der Waals surface area (Å²) < 4.78 is 0. The van der Waals surface area contributed by atoms with E-state index in [1.807, 2.05) is 30.3 Å². The van der Waals surface area contributed by atoms with Crippen molar-refractivity contribution in [2.75, 3.05) is 17.7 Å². The highest BCUT2D eigenvalue weighted by Gasteiger charge is 2.07. The van der Waals surface area contributed by atoms with Gasteiger partial charge >= 0.3 is 0 Å². The Balaban J connectivity index is 0.000000213. The van der Waals surface area contributed by atoms with Gasteiger partial charge in [-0.25, -0.2) is 0 Å². The summed E-state index contributed by atoms with van der Waals surface area (Å²) in [7, 11) is 0. The Hall–Kier alpha value is -2.52. The molecule has 0 spiro atoms. The first-order chi connectivity index (χ1) is 11.3. The highest BCUT2D eigenvalue weighted by atomic mass is 35.5. The summed E-state index contributed by atoms with van der Waals surface area (Å²) >= 11 is 5.56. The van der Waals surface area contributed by atoms with E-state index in [0.717, 1.165) is 16.5 Å². The molecule has 23 heavy (non-hydrogen) atoms. The average Bonchev–Trinajstić information content (AvgIpc) is 3.19. The van der Waals surface area contributed by atoms with Crippen LogP contribution in [0.25, 0.3) is 21.9 Å². The molecule has 2 aromatic rings. The summed E-state index contributed by atoms with van der Waals surface area (Å²) in [6, 6.07) is 22.5. The van der Waals surface area contributed by atoms with Gasteiger partial charge in [0.15, 0.2) is 5.96 Å². The summed E-state index contributed by atoms with van der Waals surface area (Å²) in [5.74, 6) is 0.751. The van der Waals surface area contributed by atoms with Gasteiger partial charge in [-0.3, -0.25) is 5.41 Å². The monoisotopic (exact) mass is 323 g/mol. The lowest BCUT2D eigenvalue weighted by Crippen LogP contribution is -2.31. The summed E-state index contributed by atoms with van der Waals surface area (Å²) in [5, 5.41) is 15.9. The maximum Gasteiger partial charge on any atom is 0.192 e. The number of fused-ring (bicyclic) bond motifs is 2. The Morgan fingerprint density at radius 1 is 0.913 bits per heavy atom. The van der Waals surface area contributed by atoms with Gasteiger partial charge in [-0.15, -0.1) is 11.6 Å². The van der Waals surface area contributed by atoms with Crippen LogP contribution in [0.15, 0.2) is 66.7 Å². The molecule has 0 aromatic heterocycles. The van der Waals surface area contributed by atoms with Crippen molar-refractivity contribution in [2.45, 2.75) is 0 Å². The zero-order valence-electron chi connectivity index (χ0n) is 12.6. The lowest BCUT2D eigenvalue weighted by molar-refractivity contribution is 0.960. The summed E-state index contributed by atoms with van der Waals surface area (Å²) in [5.41, 5.74) is 3.78. The fourth-order valence-electron chi connectivity index (χ4n) is 2.36. The molecule has 4 rings (SSSR count). The lowest BCUT2D eigenvalue weighted by Gasteiger charge is -2.11. The summed E-state index contributed by atoms with van der Waals surface area (Å²) in [4.78, 5) is 0. The van der Waals surface area contributed by atoms with Gasteiger partial charge in [0.2, 0.25) is 0 Å². The van der Waals surface area contributed by atoms with Gasteiger partial charge in [0.25, 0.3) is 0 Å². The lowest BCUT2D eigenvalue weighted by atomic mass is 10.1. The fraction of sp³-hybridized carbons (Fsp3) is 0.105. The van der Waals surface area contributed by atoms with Crippen LogP contribution in [0, 0.1) is 5.41 Å². The molecule has 2 aliphatic carbocycles. The Labute approximate surface area is 140 Å². The van der Waals surface area contributed by atoms with Crippen LogP contribution in [0.4, 0.5) is 5.69 Å². The van der Waals surface area contributed by atoms with E-state index in [1.165, 1.54) is 11.1 Å². The predicted octanol–water partition coefficient (Wildman–Crippen LogP) is 4.68. The van der Waals surface area contributed by atoms with Crippen molar-refractivity contribution in [2.24, 2.45) is 0 Å². The van der Waals surface area contributed by atoms with Crippen LogP contribution in [0.2, 0.25) is 0 Å². The molecule has 0 bridgehead atoms. The quantitative estimate of drug-likeness (QED) is 0.291. The van der Waals surface area contributed by atoms with Crippen molar-refractivity contribution in [1.29, 1.82) is 5.41 Å². The van der Waals surface area contributed by atoms with Gasteiger partial charge in [0, 0.05) is 23.5 Å². The number of alkyl halides is 1. The van der Waals surface area contributed by atoms with E-state index in [4.69, 9.17) is 17.0 Å². The Bertz CT molecular complexity index is 807. The van der Waals surface area contributed by atoms with Crippen LogP contribution in [0.5, 0.6) is 0 Å². The highest BCUT2D eigenvalue weighted by Crippen LogP contribution is 2.32. The topological polar surface area (TPSA) is 47.9 Å². The number of guanidine groups is 1. The third-order valence-corrected chi connectivity index (χ3v) is 3.75. The van der Waals surface area contributed by atoms with Crippen LogP contribution in [-0.2, 0) is 0 Å². The number of hydrogen-bond acceptors (Lipinski definition) is 1. The first kappa shape index (κ1) is 15.4. The van der Waals surface area contributed by atoms with Crippen molar-refractivity contribution in [3.8, 4) is 11.1 Å². The molecule has 0 fully saturated rings. The van der Waals surface area contributed by atoms with Crippen LogP contribution >= 0.6 is 11.6 Å². The molecule has 4 heteroatoms. The normalized spacial score (nSPS) is 10.5. The van der Waals surface area contributed by atoms with E-state index in [9.17, 15) is 0 Å². The van der Waals surface area contributed by atoms with Gasteiger partial charge in [-0.1, -0.05) is 54.6 Å². The second-order valence-electron chi connectivity index (χ2n) is 5.22. The molecule has 0 saturated carbocycles. The molecule has 0 aliphatic heterocycles. The maximum absolute atomic E-state index is 7.72. The largest absolute Gasteiger partial charge is 0.355 e. The third-order valence-electron chi connectivity index (χ3n) is 3.56. The van der Waals surface area contributed by atoms with Crippen LogP contribution in [-0.4, -0.2) is 18.4 Å². The summed E-state index contributed by atoms with van der Waals surface area (Å²) in [6.45, 7) is 0.582. The van der Waals surface area contributed by atoms with E-state index < -0.39 is 0 Å². The number of nitrogens with one attached hydrogen (secondary N) is 3. The number of hydrogen-bond donors (Lipinski definition) is 3. The molecule has 0 amide bonds. The van der Waals surface area contributed by atoms with Crippen LogP contribution in [0.3, 0.4) is 0 Å². The minimum Gasteiger partial charge on any atom is -0.355 e. The van der Waals surface area contributed by atoms with E-state index in [0.29, 0.717) is 12.4 Å². The highest BCUT2D eigenvalue weighted by molar-refractivity contribution is 6.18. The van der Waals surface area contributed by atoms with Crippen molar-refractivity contribution < 1.29 is 0 Å². The minimum atomic E-state index is 0.266. The first-order valence-electron chi connectivity index (χ1n) is 7.51. The number of rotatable bonds is 3. The molecule has 0 atom stereocenters. The zero-order valence-corrected chi connectivity index (χ0v) is 13.4. The SMILES string of the molecule is N=C(NCCCl)Nc1cccc2ccccc12.c1cc2cc-2c1. The Kier molecular flexibility index (Phi) is 4.79. The summed E-state index contributed by atoms with van der Waals surface area (Å²) in [6.07, 6.45) is 0. The molecule has 116 valence electrons. The standard InChI is InChI=1S/C13H14ClN3.C6H4/c14-8-9-16-13(15)17-12-7-3-5-10-4-1-2-6-11(10)12;1-2-5-4-6(5)3-1/h1-7H,8-9H2,(H3,15,16,17);1-4H. The van der Waals surface area contributed by atoms with E-state index >= 15 is 0 Å². The first-order valence-corrected chi connectivity index (χ1v) is 8.05. The fourth-order valence-corrected chi connectivity index (χ4v) is 2.46. The molecule has 0 unspecified atom stereocenters.